The molecule has 0 aliphatic rings. The Balaban J connectivity index is 2.52. The largest absolute Gasteiger partial charge is 0.376 e. The predicted molar refractivity (Wildman–Crippen MR) is 63.6 cm³/mol. The molecule has 0 bridgehead atoms. The fourth-order valence-corrected chi connectivity index (χ4v) is 1.51. The number of carbonyl (C=O) groups excluding carboxylic acids is 1. The van der Waals surface area contributed by atoms with E-state index in [0.29, 0.717) is 13.0 Å². The van der Waals surface area contributed by atoms with Crippen LogP contribution >= 0.6 is 0 Å². The minimum Gasteiger partial charge on any atom is -0.376 e. The van der Waals surface area contributed by atoms with E-state index in [2.05, 4.69) is 0 Å². The summed E-state index contributed by atoms with van der Waals surface area (Å²) in [6, 6.07) is 9.71. The van der Waals surface area contributed by atoms with Crippen LogP contribution in [0.4, 0.5) is 0 Å². The molecule has 0 heterocycles. The maximum atomic E-state index is 11.7. The van der Waals surface area contributed by atoms with Crippen molar-refractivity contribution in [3.05, 3.63) is 35.9 Å². The summed E-state index contributed by atoms with van der Waals surface area (Å²) in [6.07, 6.45) is 2.39. The van der Waals surface area contributed by atoms with Gasteiger partial charge in [-0.05, 0) is 12.0 Å². The minimum absolute atomic E-state index is 0.0215. The molecule has 3 heteroatoms. The molecule has 0 atom stereocenters. The Kier molecular flexibility index (Phi) is 5.57. The van der Waals surface area contributed by atoms with Gasteiger partial charge >= 0.3 is 0 Å². The third-order valence-corrected chi connectivity index (χ3v) is 2.48. The lowest BCUT2D eigenvalue weighted by atomic mass is 10.2. The molecule has 1 aromatic carbocycles. The van der Waals surface area contributed by atoms with E-state index < -0.39 is 0 Å². The van der Waals surface area contributed by atoms with Gasteiger partial charge in [0.1, 0.15) is 6.73 Å². The van der Waals surface area contributed by atoms with Crippen LogP contribution in [0.2, 0.25) is 0 Å². The fraction of sp³-hybridized carbons (Fsp3) is 0.462. The standard InChI is InChI=1S/C13H19NO2/c1-2-3-9-13(16)14(11-15)10-12-7-5-4-6-8-12/h4-8,15H,2-3,9-11H2,1H3. The Morgan fingerprint density at radius 3 is 2.56 bits per heavy atom. The third-order valence-electron chi connectivity index (χ3n) is 2.48. The molecule has 1 rings (SSSR count). The number of carbonyl (C=O) groups is 1. The van der Waals surface area contributed by atoms with Crippen LogP contribution in [-0.2, 0) is 11.3 Å². The fourth-order valence-electron chi connectivity index (χ4n) is 1.51. The molecule has 0 spiro atoms. The van der Waals surface area contributed by atoms with Gasteiger partial charge < -0.3 is 10.0 Å². The number of benzene rings is 1. The van der Waals surface area contributed by atoms with Crippen molar-refractivity contribution in [1.29, 1.82) is 0 Å². The van der Waals surface area contributed by atoms with Crippen molar-refractivity contribution >= 4 is 5.91 Å². The SMILES string of the molecule is CCCCC(=O)N(CO)Cc1ccccc1. The van der Waals surface area contributed by atoms with E-state index in [1.54, 1.807) is 0 Å². The van der Waals surface area contributed by atoms with Gasteiger partial charge in [0.2, 0.25) is 5.91 Å². The predicted octanol–water partition coefficient (Wildman–Crippen LogP) is 2.16. The van der Waals surface area contributed by atoms with E-state index in [9.17, 15) is 4.79 Å². The summed E-state index contributed by atoms with van der Waals surface area (Å²) in [5.74, 6) is 0.0215. The first-order valence-electron chi connectivity index (χ1n) is 5.70. The molecule has 0 aromatic heterocycles. The lowest BCUT2D eigenvalue weighted by molar-refractivity contribution is -0.135. The molecule has 0 saturated heterocycles. The molecule has 0 fully saturated rings. The summed E-state index contributed by atoms with van der Waals surface area (Å²) in [7, 11) is 0. The zero-order valence-corrected chi connectivity index (χ0v) is 9.72. The first-order valence-corrected chi connectivity index (χ1v) is 5.70. The molecule has 16 heavy (non-hydrogen) atoms. The van der Waals surface area contributed by atoms with Crippen LogP contribution < -0.4 is 0 Å². The third kappa shape index (κ3) is 4.03. The lowest BCUT2D eigenvalue weighted by Gasteiger charge is -2.19. The molecule has 1 N–H and O–H groups in total. The first kappa shape index (κ1) is 12.7. The normalized spacial score (nSPS) is 10.1. The smallest absolute Gasteiger partial charge is 0.224 e. The molecular weight excluding hydrogens is 202 g/mol. The molecular formula is C13H19NO2. The number of aliphatic hydroxyl groups excluding tert-OH is 1. The monoisotopic (exact) mass is 221 g/mol. The Hall–Kier alpha value is -1.35. The van der Waals surface area contributed by atoms with E-state index in [1.165, 1.54) is 4.90 Å². The maximum absolute atomic E-state index is 11.7. The highest BCUT2D eigenvalue weighted by Gasteiger charge is 2.11. The molecule has 1 amide bonds. The molecule has 0 saturated carbocycles. The Bertz CT molecular complexity index is 311. The molecule has 0 radical (unpaired) electrons. The topological polar surface area (TPSA) is 40.5 Å². The number of amides is 1. The van der Waals surface area contributed by atoms with Gasteiger partial charge in [-0.25, -0.2) is 0 Å². The van der Waals surface area contributed by atoms with Crippen molar-refractivity contribution in [1.82, 2.24) is 4.90 Å². The first-order chi connectivity index (χ1) is 7.77. The number of hydrogen-bond donors (Lipinski definition) is 1. The lowest BCUT2D eigenvalue weighted by Crippen LogP contribution is -2.31. The van der Waals surface area contributed by atoms with Crippen molar-refractivity contribution in [3.63, 3.8) is 0 Å². The van der Waals surface area contributed by atoms with Crippen LogP contribution in [0.25, 0.3) is 0 Å². The van der Waals surface area contributed by atoms with Crippen molar-refractivity contribution < 1.29 is 9.90 Å². The zero-order valence-electron chi connectivity index (χ0n) is 9.72. The Morgan fingerprint density at radius 2 is 2.00 bits per heavy atom. The van der Waals surface area contributed by atoms with E-state index in [4.69, 9.17) is 5.11 Å². The summed E-state index contributed by atoms with van der Waals surface area (Å²) in [6.45, 7) is 2.32. The summed E-state index contributed by atoms with van der Waals surface area (Å²) < 4.78 is 0. The second-order valence-electron chi connectivity index (χ2n) is 3.82. The number of rotatable bonds is 6. The van der Waals surface area contributed by atoms with Gasteiger partial charge in [-0.15, -0.1) is 0 Å². The zero-order chi connectivity index (χ0) is 11.8. The highest BCUT2D eigenvalue weighted by atomic mass is 16.3. The van der Waals surface area contributed by atoms with Crippen LogP contribution in [-0.4, -0.2) is 22.6 Å². The summed E-state index contributed by atoms with van der Waals surface area (Å²) in [5.41, 5.74) is 1.04. The minimum atomic E-state index is -0.211. The van der Waals surface area contributed by atoms with E-state index in [-0.39, 0.29) is 12.6 Å². The van der Waals surface area contributed by atoms with E-state index in [1.807, 2.05) is 37.3 Å². The van der Waals surface area contributed by atoms with Crippen LogP contribution in [0.15, 0.2) is 30.3 Å². The summed E-state index contributed by atoms with van der Waals surface area (Å²) >= 11 is 0. The number of unbranched alkanes of at least 4 members (excludes halogenated alkanes) is 1. The van der Waals surface area contributed by atoms with Crippen molar-refractivity contribution in [3.8, 4) is 0 Å². The Morgan fingerprint density at radius 1 is 1.31 bits per heavy atom. The molecule has 3 nitrogen and oxygen atoms in total. The van der Waals surface area contributed by atoms with Gasteiger partial charge in [0.05, 0.1) is 0 Å². The van der Waals surface area contributed by atoms with Gasteiger partial charge in [-0.2, -0.15) is 0 Å². The van der Waals surface area contributed by atoms with Gasteiger partial charge in [0, 0.05) is 13.0 Å². The number of aliphatic hydroxyl groups is 1. The van der Waals surface area contributed by atoms with Gasteiger partial charge in [-0.3, -0.25) is 4.79 Å². The van der Waals surface area contributed by atoms with E-state index >= 15 is 0 Å². The molecule has 0 unspecified atom stereocenters. The van der Waals surface area contributed by atoms with Crippen LogP contribution in [0.5, 0.6) is 0 Å². The average Bonchev–Trinajstić information content (AvgIpc) is 2.34. The van der Waals surface area contributed by atoms with Crippen molar-refractivity contribution in [2.45, 2.75) is 32.7 Å². The summed E-state index contributed by atoms with van der Waals surface area (Å²) in [5, 5.41) is 9.16. The second-order valence-corrected chi connectivity index (χ2v) is 3.82. The number of hydrogen-bond acceptors (Lipinski definition) is 2. The highest BCUT2D eigenvalue weighted by Crippen LogP contribution is 2.07. The second kappa shape index (κ2) is 7.01. The summed E-state index contributed by atoms with van der Waals surface area (Å²) in [4.78, 5) is 13.2. The van der Waals surface area contributed by atoms with Crippen LogP contribution in [0.3, 0.4) is 0 Å². The molecule has 88 valence electrons. The molecule has 0 aliphatic heterocycles. The van der Waals surface area contributed by atoms with Gasteiger partial charge in [0.15, 0.2) is 0 Å². The number of nitrogens with zero attached hydrogens (tertiary/aromatic N) is 1. The Labute approximate surface area is 96.7 Å². The van der Waals surface area contributed by atoms with Gasteiger partial charge in [-0.1, -0.05) is 43.7 Å². The molecule has 0 aliphatic carbocycles. The highest BCUT2D eigenvalue weighted by molar-refractivity contribution is 5.75. The van der Waals surface area contributed by atoms with Gasteiger partial charge in [0.25, 0.3) is 0 Å². The van der Waals surface area contributed by atoms with E-state index in [0.717, 1.165) is 18.4 Å². The maximum Gasteiger partial charge on any atom is 0.224 e. The average molecular weight is 221 g/mol. The van der Waals surface area contributed by atoms with Crippen LogP contribution in [0.1, 0.15) is 31.7 Å². The van der Waals surface area contributed by atoms with Crippen LogP contribution in [0, 0.1) is 0 Å². The van der Waals surface area contributed by atoms with Crippen molar-refractivity contribution in [2.75, 3.05) is 6.73 Å². The quantitative estimate of drug-likeness (QED) is 0.748. The molecule has 1 aromatic rings. The van der Waals surface area contributed by atoms with Crippen molar-refractivity contribution in [2.24, 2.45) is 0 Å².